The van der Waals surface area contributed by atoms with E-state index in [4.69, 9.17) is 28.9 Å². The Kier molecular flexibility index (Phi) is 4.73. The van der Waals surface area contributed by atoms with Gasteiger partial charge in [-0.3, -0.25) is 4.98 Å². The standard InChI is InChI=1S/C18H18Cl2N4O/c1-10(19)24-16-13-7-11(3-4-15(13)22-9-14(16)20)12-5-6-18(2,25)17(21)23-8-12/h3-10,25H,1-2H3,(H2,21,23)(H,22,24). The predicted octanol–water partition coefficient (Wildman–Crippen LogP) is 3.90. The zero-order valence-corrected chi connectivity index (χ0v) is 15.3. The average molecular weight is 377 g/mol. The fourth-order valence-corrected chi connectivity index (χ4v) is 2.83. The third-order valence-electron chi connectivity index (χ3n) is 3.95. The third-order valence-corrected chi connectivity index (χ3v) is 4.34. The number of anilines is 1. The summed E-state index contributed by atoms with van der Waals surface area (Å²) in [6, 6.07) is 5.78. The number of pyridine rings is 1. The van der Waals surface area contributed by atoms with Crippen molar-refractivity contribution in [1.29, 1.82) is 0 Å². The van der Waals surface area contributed by atoms with E-state index in [0.717, 1.165) is 27.7 Å². The molecule has 0 fully saturated rings. The minimum Gasteiger partial charge on any atom is -0.384 e. The van der Waals surface area contributed by atoms with Crippen molar-refractivity contribution in [2.75, 3.05) is 5.32 Å². The minimum absolute atomic E-state index is 0.141. The van der Waals surface area contributed by atoms with Crippen LogP contribution in [0.4, 0.5) is 5.69 Å². The maximum absolute atomic E-state index is 10.2. The van der Waals surface area contributed by atoms with Gasteiger partial charge in [0.15, 0.2) is 0 Å². The molecule has 0 spiro atoms. The van der Waals surface area contributed by atoms with Gasteiger partial charge < -0.3 is 16.2 Å². The number of aliphatic hydroxyl groups is 1. The number of amidine groups is 1. The molecule has 0 bridgehead atoms. The highest BCUT2D eigenvalue weighted by Gasteiger charge is 2.23. The molecule has 0 saturated heterocycles. The Labute approximate surface area is 155 Å². The molecular weight excluding hydrogens is 359 g/mol. The highest BCUT2D eigenvalue weighted by molar-refractivity contribution is 6.35. The number of rotatable bonds is 3. The van der Waals surface area contributed by atoms with Crippen LogP contribution in [0.1, 0.15) is 19.4 Å². The molecular formula is C18H18Cl2N4O. The average Bonchev–Trinajstić information content (AvgIpc) is 2.69. The van der Waals surface area contributed by atoms with Crippen LogP contribution in [0.3, 0.4) is 0 Å². The van der Waals surface area contributed by atoms with Gasteiger partial charge >= 0.3 is 0 Å². The lowest BCUT2D eigenvalue weighted by molar-refractivity contribution is 0.183. The Hall–Kier alpha value is -2.08. The maximum Gasteiger partial charge on any atom is 0.137 e. The van der Waals surface area contributed by atoms with E-state index in [1.807, 2.05) is 25.1 Å². The second-order valence-corrected chi connectivity index (χ2v) is 7.11. The van der Waals surface area contributed by atoms with E-state index in [2.05, 4.69) is 15.3 Å². The van der Waals surface area contributed by atoms with Crippen LogP contribution in [-0.4, -0.2) is 27.0 Å². The van der Waals surface area contributed by atoms with E-state index < -0.39 is 5.60 Å². The molecule has 7 heteroatoms. The van der Waals surface area contributed by atoms with E-state index >= 15 is 0 Å². The Morgan fingerprint density at radius 1 is 1.36 bits per heavy atom. The Morgan fingerprint density at radius 2 is 2.12 bits per heavy atom. The third kappa shape index (κ3) is 3.63. The lowest BCUT2D eigenvalue weighted by Crippen LogP contribution is -2.38. The van der Waals surface area contributed by atoms with Crippen molar-refractivity contribution >= 4 is 51.2 Å². The number of nitrogens with zero attached hydrogens (tertiary/aromatic N) is 2. The summed E-state index contributed by atoms with van der Waals surface area (Å²) < 4.78 is 0. The van der Waals surface area contributed by atoms with Gasteiger partial charge in [0, 0.05) is 17.8 Å². The number of nitrogens with two attached hydrogens (primary N) is 1. The molecule has 5 nitrogen and oxygen atoms in total. The van der Waals surface area contributed by atoms with Crippen LogP contribution >= 0.6 is 23.2 Å². The van der Waals surface area contributed by atoms with Gasteiger partial charge in [-0.15, -0.1) is 0 Å². The van der Waals surface area contributed by atoms with Crippen LogP contribution < -0.4 is 11.1 Å². The number of halogens is 2. The summed E-state index contributed by atoms with van der Waals surface area (Å²) in [4.78, 5) is 8.49. The number of aliphatic imine (C=N–C) groups is 1. The SMILES string of the molecule is CC(Cl)Nc1c(Cl)cnc2ccc(C3=CN=C(N)C(C)(O)C=C3)cc12. The Balaban J connectivity index is 2.13. The maximum atomic E-state index is 10.2. The molecule has 4 N–H and O–H groups in total. The predicted molar refractivity (Wildman–Crippen MR) is 105 cm³/mol. The Morgan fingerprint density at radius 3 is 2.84 bits per heavy atom. The number of allylic oxidation sites excluding steroid dienone is 2. The highest BCUT2D eigenvalue weighted by Crippen LogP contribution is 2.33. The van der Waals surface area contributed by atoms with Crippen LogP contribution in [0.5, 0.6) is 0 Å². The van der Waals surface area contributed by atoms with Crippen LogP contribution in [0.25, 0.3) is 16.5 Å². The molecule has 0 aliphatic carbocycles. The minimum atomic E-state index is -1.28. The molecule has 1 aromatic carbocycles. The van der Waals surface area contributed by atoms with Crippen LogP contribution in [-0.2, 0) is 0 Å². The first kappa shape index (κ1) is 17.7. The molecule has 2 heterocycles. The lowest BCUT2D eigenvalue weighted by atomic mass is 10.0. The van der Waals surface area contributed by atoms with Gasteiger partial charge in [0.05, 0.1) is 21.7 Å². The fraction of sp³-hybridized carbons (Fsp3) is 0.222. The molecule has 0 radical (unpaired) electrons. The lowest BCUT2D eigenvalue weighted by Gasteiger charge is -2.16. The molecule has 0 saturated carbocycles. The number of benzene rings is 1. The number of nitrogens with one attached hydrogen (secondary N) is 1. The normalized spacial score (nSPS) is 21.5. The first-order valence-electron chi connectivity index (χ1n) is 7.73. The number of aromatic nitrogens is 1. The first-order valence-corrected chi connectivity index (χ1v) is 8.54. The van der Waals surface area contributed by atoms with Crippen LogP contribution in [0.15, 0.2) is 47.7 Å². The van der Waals surface area contributed by atoms with Gasteiger partial charge in [0.25, 0.3) is 0 Å². The van der Waals surface area contributed by atoms with Crippen molar-refractivity contribution in [3.63, 3.8) is 0 Å². The molecule has 3 rings (SSSR count). The van der Waals surface area contributed by atoms with Gasteiger partial charge in [-0.2, -0.15) is 0 Å². The van der Waals surface area contributed by atoms with E-state index in [1.165, 1.54) is 0 Å². The van der Waals surface area contributed by atoms with Crippen molar-refractivity contribution in [2.24, 2.45) is 10.7 Å². The summed E-state index contributed by atoms with van der Waals surface area (Å²) in [6.07, 6.45) is 6.63. The number of hydrogen-bond donors (Lipinski definition) is 3. The van der Waals surface area contributed by atoms with E-state index in [0.29, 0.717) is 5.02 Å². The number of fused-ring (bicyclic) bond motifs is 1. The molecule has 1 aliphatic rings. The van der Waals surface area contributed by atoms with Gasteiger partial charge in [-0.25, -0.2) is 4.99 Å². The summed E-state index contributed by atoms with van der Waals surface area (Å²) in [5.74, 6) is 0.141. The Bertz CT molecular complexity index is 917. The second-order valence-electron chi connectivity index (χ2n) is 6.05. The second kappa shape index (κ2) is 6.67. The van der Waals surface area contributed by atoms with E-state index in [9.17, 15) is 5.11 Å². The largest absolute Gasteiger partial charge is 0.384 e. The van der Waals surface area contributed by atoms with Crippen molar-refractivity contribution in [2.45, 2.75) is 24.9 Å². The van der Waals surface area contributed by atoms with E-state index in [-0.39, 0.29) is 11.3 Å². The van der Waals surface area contributed by atoms with Gasteiger partial charge in [0.2, 0.25) is 0 Å². The molecule has 2 atom stereocenters. The van der Waals surface area contributed by atoms with Gasteiger partial charge in [-0.05, 0) is 43.2 Å². The van der Waals surface area contributed by atoms with Gasteiger partial charge in [0.1, 0.15) is 11.4 Å². The first-order chi connectivity index (χ1) is 11.8. The number of alkyl halides is 1. The summed E-state index contributed by atoms with van der Waals surface area (Å²) in [5.41, 5.74) is 7.46. The molecule has 2 unspecified atom stereocenters. The summed E-state index contributed by atoms with van der Waals surface area (Å²) in [6.45, 7) is 3.41. The van der Waals surface area contributed by atoms with E-state index in [1.54, 1.807) is 31.5 Å². The summed E-state index contributed by atoms with van der Waals surface area (Å²) >= 11 is 12.4. The molecule has 1 aliphatic heterocycles. The van der Waals surface area contributed by atoms with Crippen LogP contribution in [0.2, 0.25) is 5.02 Å². The topological polar surface area (TPSA) is 83.5 Å². The zero-order chi connectivity index (χ0) is 18.2. The fourth-order valence-electron chi connectivity index (χ4n) is 2.51. The molecule has 2 aromatic rings. The monoisotopic (exact) mass is 376 g/mol. The quantitative estimate of drug-likeness (QED) is 0.560. The molecule has 25 heavy (non-hydrogen) atoms. The molecule has 130 valence electrons. The molecule has 1 aromatic heterocycles. The molecule has 0 amide bonds. The van der Waals surface area contributed by atoms with Gasteiger partial charge in [-0.1, -0.05) is 35.3 Å². The summed E-state index contributed by atoms with van der Waals surface area (Å²) in [5, 5.41) is 14.7. The van der Waals surface area contributed by atoms with Crippen molar-refractivity contribution in [3.8, 4) is 0 Å². The smallest absolute Gasteiger partial charge is 0.137 e. The number of hydrogen-bond acceptors (Lipinski definition) is 5. The highest BCUT2D eigenvalue weighted by atomic mass is 35.5. The van der Waals surface area contributed by atoms with Crippen molar-refractivity contribution < 1.29 is 5.11 Å². The van der Waals surface area contributed by atoms with Crippen LogP contribution in [0, 0.1) is 0 Å². The summed E-state index contributed by atoms with van der Waals surface area (Å²) in [7, 11) is 0. The zero-order valence-electron chi connectivity index (χ0n) is 13.8. The van der Waals surface area contributed by atoms with Crippen molar-refractivity contribution in [3.05, 3.63) is 53.3 Å². The van der Waals surface area contributed by atoms with Crippen molar-refractivity contribution in [1.82, 2.24) is 4.98 Å².